The highest BCUT2D eigenvalue weighted by atomic mass is 16.5. The molecule has 0 saturated carbocycles. The van der Waals surface area contributed by atoms with Crippen molar-refractivity contribution in [2.75, 3.05) is 7.11 Å². The summed E-state index contributed by atoms with van der Waals surface area (Å²) in [6.45, 7) is 2.05. The van der Waals surface area contributed by atoms with E-state index < -0.39 is 6.10 Å². The van der Waals surface area contributed by atoms with Crippen LogP contribution in [-0.4, -0.2) is 18.3 Å². The average Bonchev–Trinajstić information content (AvgIpc) is 2.40. The lowest BCUT2D eigenvalue weighted by molar-refractivity contribution is 0.174. The van der Waals surface area contributed by atoms with Crippen molar-refractivity contribution in [1.82, 2.24) is 0 Å². The van der Waals surface area contributed by atoms with Crippen LogP contribution in [-0.2, 0) is 12.8 Å². The molecule has 1 N–H and O–H groups in total. The zero-order chi connectivity index (χ0) is 13.7. The molecule has 0 aliphatic heterocycles. The van der Waals surface area contributed by atoms with Gasteiger partial charge in [0.15, 0.2) is 0 Å². The topological polar surface area (TPSA) is 29.5 Å². The summed E-state index contributed by atoms with van der Waals surface area (Å²) in [5.74, 6) is 0.845. The molecule has 2 rings (SSSR count). The molecule has 19 heavy (non-hydrogen) atoms. The maximum absolute atomic E-state index is 10.2. The van der Waals surface area contributed by atoms with E-state index in [0.717, 1.165) is 16.9 Å². The second-order valence-corrected chi connectivity index (χ2v) is 4.86. The monoisotopic (exact) mass is 256 g/mol. The van der Waals surface area contributed by atoms with E-state index in [4.69, 9.17) is 4.74 Å². The normalized spacial score (nSPS) is 12.2. The van der Waals surface area contributed by atoms with Crippen LogP contribution in [0, 0.1) is 6.92 Å². The first-order valence-electron chi connectivity index (χ1n) is 6.54. The van der Waals surface area contributed by atoms with Gasteiger partial charge in [0.05, 0.1) is 13.2 Å². The van der Waals surface area contributed by atoms with Crippen LogP contribution in [0.3, 0.4) is 0 Å². The minimum atomic E-state index is -0.391. The van der Waals surface area contributed by atoms with Gasteiger partial charge in [-0.25, -0.2) is 0 Å². The van der Waals surface area contributed by atoms with E-state index in [9.17, 15) is 5.11 Å². The van der Waals surface area contributed by atoms with Gasteiger partial charge in [-0.1, -0.05) is 48.0 Å². The van der Waals surface area contributed by atoms with Gasteiger partial charge < -0.3 is 9.84 Å². The van der Waals surface area contributed by atoms with Gasteiger partial charge in [-0.2, -0.15) is 0 Å². The zero-order valence-corrected chi connectivity index (χ0v) is 11.5. The Morgan fingerprint density at radius 3 is 2.47 bits per heavy atom. The average molecular weight is 256 g/mol. The molecule has 2 heteroatoms. The van der Waals surface area contributed by atoms with E-state index in [1.54, 1.807) is 7.11 Å². The van der Waals surface area contributed by atoms with Gasteiger partial charge in [0.1, 0.15) is 5.75 Å². The molecule has 0 aliphatic carbocycles. The van der Waals surface area contributed by atoms with Crippen molar-refractivity contribution in [1.29, 1.82) is 0 Å². The molecule has 1 unspecified atom stereocenters. The van der Waals surface area contributed by atoms with Gasteiger partial charge >= 0.3 is 0 Å². The van der Waals surface area contributed by atoms with E-state index in [2.05, 4.69) is 6.07 Å². The van der Waals surface area contributed by atoms with E-state index in [-0.39, 0.29) is 0 Å². The number of hydrogen-bond donors (Lipinski definition) is 1. The molecular formula is C17H20O2. The molecule has 0 aromatic heterocycles. The Bertz CT molecular complexity index is 520. The molecule has 1 atom stereocenters. The number of methoxy groups -OCH3 is 1. The molecule has 2 aromatic carbocycles. The summed E-state index contributed by atoms with van der Waals surface area (Å²) in [6, 6.07) is 16.1. The maximum atomic E-state index is 10.2. The number of aryl methyl sites for hydroxylation is 1. The number of benzene rings is 2. The Labute approximate surface area is 114 Å². The van der Waals surface area contributed by atoms with Crippen LogP contribution < -0.4 is 4.74 Å². The van der Waals surface area contributed by atoms with Crippen molar-refractivity contribution in [3.8, 4) is 5.75 Å². The van der Waals surface area contributed by atoms with Crippen molar-refractivity contribution >= 4 is 0 Å². The van der Waals surface area contributed by atoms with E-state index in [1.807, 2.05) is 49.4 Å². The lowest BCUT2D eigenvalue weighted by Crippen LogP contribution is -2.14. The van der Waals surface area contributed by atoms with Crippen LogP contribution >= 0.6 is 0 Å². The van der Waals surface area contributed by atoms with Crippen molar-refractivity contribution < 1.29 is 9.84 Å². The maximum Gasteiger partial charge on any atom is 0.122 e. The summed E-state index contributed by atoms with van der Waals surface area (Å²) in [5.41, 5.74) is 3.40. The van der Waals surface area contributed by atoms with E-state index >= 15 is 0 Å². The van der Waals surface area contributed by atoms with Crippen molar-refractivity contribution in [2.24, 2.45) is 0 Å². The summed E-state index contributed by atoms with van der Waals surface area (Å²) >= 11 is 0. The molecule has 0 radical (unpaired) electrons. The SMILES string of the molecule is COc1ccc(C)cc1CC(O)Cc1ccccc1. The van der Waals surface area contributed by atoms with Gasteiger partial charge in [-0.3, -0.25) is 0 Å². The quantitative estimate of drug-likeness (QED) is 0.890. The summed E-state index contributed by atoms with van der Waals surface area (Å²) in [6.07, 6.45) is 0.885. The fourth-order valence-electron chi connectivity index (χ4n) is 2.28. The summed E-state index contributed by atoms with van der Waals surface area (Å²) in [7, 11) is 1.66. The summed E-state index contributed by atoms with van der Waals surface area (Å²) in [4.78, 5) is 0. The first-order valence-corrected chi connectivity index (χ1v) is 6.54. The number of aliphatic hydroxyl groups excluding tert-OH is 1. The molecule has 0 amide bonds. The van der Waals surface area contributed by atoms with Gasteiger partial charge in [-0.15, -0.1) is 0 Å². The highest BCUT2D eigenvalue weighted by Gasteiger charge is 2.11. The van der Waals surface area contributed by atoms with Gasteiger partial charge in [0.25, 0.3) is 0 Å². The highest BCUT2D eigenvalue weighted by Crippen LogP contribution is 2.22. The predicted octanol–water partition coefficient (Wildman–Crippen LogP) is 3.15. The van der Waals surface area contributed by atoms with Crippen molar-refractivity contribution in [3.05, 3.63) is 65.2 Å². The van der Waals surface area contributed by atoms with Crippen molar-refractivity contribution in [2.45, 2.75) is 25.9 Å². The molecule has 100 valence electrons. The van der Waals surface area contributed by atoms with Gasteiger partial charge in [0, 0.05) is 6.42 Å². The van der Waals surface area contributed by atoms with Crippen LogP contribution in [0.25, 0.3) is 0 Å². The third kappa shape index (κ3) is 3.83. The zero-order valence-electron chi connectivity index (χ0n) is 11.5. The first-order chi connectivity index (χ1) is 9.19. The molecule has 0 aliphatic rings. The lowest BCUT2D eigenvalue weighted by Gasteiger charge is -2.14. The number of rotatable bonds is 5. The molecule has 0 spiro atoms. The van der Waals surface area contributed by atoms with Gasteiger partial charge in [0.2, 0.25) is 0 Å². The Kier molecular flexibility index (Phi) is 4.58. The minimum absolute atomic E-state index is 0.391. The second-order valence-electron chi connectivity index (χ2n) is 4.86. The summed E-state index contributed by atoms with van der Waals surface area (Å²) in [5, 5.41) is 10.2. The predicted molar refractivity (Wildman–Crippen MR) is 77.6 cm³/mol. The molecule has 2 aromatic rings. The molecule has 2 nitrogen and oxygen atoms in total. The second kappa shape index (κ2) is 6.39. The molecular weight excluding hydrogens is 236 g/mol. The third-order valence-electron chi connectivity index (χ3n) is 3.21. The largest absolute Gasteiger partial charge is 0.496 e. The molecule has 0 fully saturated rings. The smallest absolute Gasteiger partial charge is 0.122 e. The van der Waals surface area contributed by atoms with Crippen LogP contribution in [0.15, 0.2) is 48.5 Å². The first kappa shape index (κ1) is 13.6. The van der Waals surface area contributed by atoms with E-state index in [1.165, 1.54) is 5.56 Å². The molecule has 0 saturated heterocycles. The summed E-state index contributed by atoms with van der Waals surface area (Å²) < 4.78 is 5.34. The Morgan fingerprint density at radius 2 is 1.79 bits per heavy atom. The molecule has 0 bridgehead atoms. The fourth-order valence-corrected chi connectivity index (χ4v) is 2.28. The minimum Gasteiger partial charge on any atom is -0.496 e. The number of ether oxygens (including phenoxy) is 1. The van der Waals surface area contributed by atoms with Crippen LogP contribution in [0.5, 0.6) is 5.75 Å². The standard InChI is InChI=1S/C17H20O2/c1-13-8-9-17(19-2)15(10-13)12-16(18)11-14-6-4-3-5-7-14/h3-10,16,18H,11-12H2,1-2H3. The van der Waals surface area contributed by atoms with Crippen LogP contribution in [0.4, 0.5) is 0 Å². The number of hydrogen-bond acceptors (Lipinski definition) is 2. The highest BCUT2D eigenvalue weighted by molar-refractivity contribution is 5.37. The molecule has 0 heterocycles. The van der Waals surface area contributed by atoms with Gasteiger partial charge in [-0.05, 0) is 30.5 Å². The third-order valence-corrected chi connectivity index (χ3v) is 3.21. The lowest BCUT2D eigenvalue weighted by atomic mass is 9.99. The van der Waals surface area contributed by atoms with Crippen LogP contribution in [0.1, 0.15) is 16.7 Å². The Balaban J connectivity index is 2.06. The van der Waals surface area contributed by atoms with Crippen molar-refractivity contribution in [3.63, 3.8) is 0 Å². The Morgan fingerprint density at radius 1 is 1.05 bits per heavy atom. The van der Waals surface area contributed by atoms with E-state index in [0.29, 0.717) is 12.8 Å². The van der Waals surface area contributed by atoms with Crippen LogP contribution in [0.2, 0.25) is 0 Å². The Hall–Kier alpha value is -1.80. The number of aliphatic hydroxyl groups is 1. The fraction of sp³-hybridized carbons (Fsp3) is 0.294.